The number of amides is 1. The molecule has 110 valence electrons. The van der Waals surface area contributed by atoms with E-state index in [1.807, 2.05) is 0 Å². The summed E-state index contributed by atoms with van der Waals surface area (Å²) >= 11 is 3.27. The Hall–Kier alpha value is -1.82. The Bertz CT molecular complexity index is 638. The van der Waals surface area contributed by atoms with Crippen LogP contribution in [0.25, 0.3) is 0 Å². The molecule has 0 fully saturated rings. The maximum atomic E-state index is 12.4. The summed E-state index contributed by atoms with van der Waals surface area (Å²) in [6, 6.07) is 11.6. The molecule has 0 aromatic heterocycles. The summed E-state index contributed by atoms with van der Waals surface area (Å²) in [4.78, 5) is 11.9. The first-order valence-electron chi connectivity index (χ1n) is 6.07. The van der Waals surface area contributed by atoms with Crippen LogP contribution in [0.3, 0.4) is 0 Å². The molecule has 0 atom stereocenters. The monoisotopic (exact) mass is 357 g/mol. The van der Waals surface area contributed by atoms with E-state index in [0.717, 1.165) is 12.1 Å². The first-order valence-corrected chi connectivity index (χ1v) is 6.86. The molecule has 0 radical (unpaired) electrons. The van der Waals surface area contributed by atoms with Crippen molar-refractivity contribution in [3.05, 3.63) is 69.7 Å². The Morgan fingerprint density at radius 1 is 1.05 bits per heavy atom. The summed E-state index contributed by atoms with van der Waals surface area (Å²) in [5.41, 5.74) is 0.371. The average molecular weight is 358 g/mol. The van der Waals surface area contributed by atoms with E-state index < -0.39 is 11.7 Å². The summed E-state index contributed by atoms with van der Waals surface area (Å²) in [5, 5.41) is 2.66. The molecular weight excluding hydrogens is 347 g/mol. The normalized spacial score (nSPS) is 11.2. The highest BCUT2D eigenvalue weighted by molar-refractivity contribution is 9.10. The third-order valence-electron chi connectivity index (χ3n) is 2.85. The number of halogens is 4. The van der Waals surface area contributed by atoms with Crippen molar-refractivity contribution in [2.24, 2.45) is 0 Å². The molecule has 0 spiro atoms. The Balaban J connectivity index is 2.00. The van der Waals surface area contributed by atoms with E-state index in [9.17, 15) is 18.0 Å². The molecule has 0 aliphatic carbocycles. The molecule has 0 bridgehead atoms. The highest BCUT2D eigenvalue weighted by Crippen LogP contribution is 2.29. The van der Waals surface area contributed by atoms with Crippen LogP contribution in [0.5, 0.6) is 0 Å². The molecule has 0 aliphatic heterocycles. The number of benzene rings is 2. The third-order valence-corrected chi connectivity index (χ3v) is 3.54. The van der Waals surface area contributed by atoms with E-state index in [-0.39, 0.29) is 12.5 Å². The van der Waals surface area contributed by atoms with Gasteiger partial charge in [0, 0.05) is 11.0 Å². The van der Waals surface area contributed by atoms with Gasteiger partial charge < -0.3 is 5.32 Å². The number of alkyl halides is 3. The second-order valence-electron chi connectivity index (χ2n) is 4.36. The van der Waals surface area contributed by atoms with Gasteiger partial charge in [0.1, 0.15) is 0 Å². The molecule has 2 rings (SSSR count). The summed E-state index contributed by atoms with van der Waals surface area (Å²) in [5.74, 6) is -0.289. The van der Waals surface area contributed by atoms with Gasteiger partial charge in [-0.15, -0.1) is 0 Å². The van der Waals surface area contributed by atoms with Gasteiger partial charge in [0.05, 0.1) is 11.1 Å². The maximum Gasteiger partial charge on any atom is 0.416 e. The van der Waals surface area contributed by atoms with Crippen LogP contribution in [0.2, 0.25) is 0 Å². The highest BCUT2D eigenvalue weighted by Gasteiger charge is 2.29. The van der Waals surface area contributed by atoms with E-state index in [4.69, 9.17) is 0 Å². The van der Waals surface area contributed by atoms with Crippen molar-refractivity contribution >= 4 is 21.8 Å². The van der Waals surface area contributed by atoms with Crippen molar-refractivity contribution in [2.45, 2.75) is 12.7 Å². The SMILES string of the molecule is O=C(NCc1ccc(C(F)(F)F)cc1)c1ccccc1Br. The van der Waals surface area contributed by atoms with Gasteiger partial charge in [0.15, 0.2) is 0 Å². The minimum atomic E-state index is -4.35. The highest BCUT2D eigenvalue weighted by atomic mass is 79.9. The fraction of sp³-hybridized carbons (Fsp3) is 0.133. The topological polar surface area (TPSA) is 29.1 Å². The Labute approximate surface area is 128 Å². The fourth-order valence-corrected chi connectivity index (χ4v) is 2.20. The maximum absolute atomic E-state index is 12.4. The first kappa shape index (κ1) is 15.6. The largest absolute Gasteiger partial charge is 0.416 e. The van der Waals surface area contributed by atoms with Crippen molar-refractivity contribution in [3.8, 4) is 0 Å². The molecular formula is C15H11BrF3NO. The van der Waals surface area contributed by atoms with Crippen LogP contribution in [0, 0.1) is 0 Å². The van der Waals surface area contributed by atoms with Gasteiger partial charge in [-0.3, -0.25) is 4.79 Å². The summed E-state index contributed by atoms with van der Waals surface area (Å²) in [6.07, 6.45) is -4.35. The summed E-state index contributed by atoms with van der Waals surface area (Å²) in [6.45, 7) is 0.165. The zero-order valence-electron chi connectivity index (χ0n) is 10.7. The molecule has 0 unspecified atom stereocenters. The van der Waals surface area contributed by atoms with Crippen LogP contribution in [-0.2, 0) is 12.7 Å². The van der Waals surface area contributed by atoms with Crippen LogP contribution < -0.4 is 5.32 Å². The lowest BCUT2D eigenvalue weighted by molar-refractivity contribution is -0.137. The van der Waals surface area contributed by atoms with Gasteiger partial charge >= 0.3 is 6.18 Å². The zero-order valence-corrected chi connectivity index (χ0v) is 12.3. The molecule has 21 heavy (non-hydrogen) atoms. The summed E-state index contributed by atoms with van der Waals surface area (Å²) < 4.78 is 37.9. The molecule has 1 amide bonds. The van der Waals surface area contributed by atoms with Crippen molar-refractivity contribution < 1.29 is 18.0 Å². The van der Waals surface area contributed by atoms with Gasteiger partial charge in [-0.25, -0.2) is 0 Å². The lowest BCUT2D eigenvalue weighted by Crippen LogP contribution is -2.23. The average Bonchev–Trinajstić information content (AvgIpc) is 2.45. The molecule has 6 heteroatoms. The standard InChI is InChI=1S/C15H11BrF3NO/c16-13-4-2-1-3-12(13)14(21)20-9-10-5-7-11(8-6-10)15(17,18)19/h1-8H,9H2,(H,20,21). The van der Waals surface area contributed by atoms with E-state index in [1.165, 1.54) is 12.1 Å². The number of nitrogens with one attached hydrogen (secondary N) is 1. The number of hydrogen-bond donors (Lipinski definition) is 1. The number of rotatable bonds is 3. The van der Waals surface area contributed by atoms with E-state index in [0.29, 0.717) is 15.6 Å². The van der Waals surface area contributed by atoms with Crippen LogP contribution in [0.15, 0.2) is 53.0 Å². The molecule has 0 saturated carbocycles. The number of carbonyl (C=O) groups excluding carboxylic acids is 1. The van der Waals surface area contributed by atoms with Crippen molar-refractivity contribution in [1.29, 1.82) is 0 Å². The molecule has 2 aromatic rings. The number of hydrogen-bond acceptors (Lipinski definition) is 1. The van der Waals surface area contributed by atoms with Crippen molar-refractivity contribution in [1.82, 2.24) is 5.32 Å². The zero-order chi connectivity index (χ0) is 15.5. The number of carbonyl (C=O) groups is 1. The van der Waals surface area contributed by atoms with Gasteiger partial charge in [0.25, 0.3) is 5.91 Å². The fourth-order valence-electron chi connectivity index (χ4n) is 1.73. The van der Waals surface area contributed by atoms with Crippen molar-refractivity contribution in [3.63, 3.8) is 0 Å². The van der Waals surface area contributed by atoms with E-state index in [2.05, 4.69) is 21.2 Å². The molecule has 2 nitrogen and oxygen atoms in total. The molecule has 0 saturated heterocycles. The van der Waals surface area contributed by atoms with E-state index >= 15 is 0 Å². The van der Waals surface area contributed by atoms with Gasteiger partial charge in [-0.1, -0.05) is 24.3 Å². The first-order chi connectivity index (χ1) is 9.88. The summed E-state index contributed by atoms with van der Waals surface area (Å²) in [7, 11) is 0. The van der Waals surface area contributed by atoms with Crippen LogP contribution in [0.4, 0.5) is 13.2 Å². The Morgan fingerprint density at radius 3 is 2.24 bits per heavy atom. The van der Waals surface area contributed by atoms with Gasteiger partial charge in [-0.05, 0) is 45.8 Å². The van der Waals surface area contributed by atoms with Gasteiger partial charge in [0.2, 0.25) is 0 Å². The minimum Gasteiger partial charge on any atom is -0.348 e. The predicted molar refractivity (Wildman–Crippen MR) is 76.8 cm³/mol. The smallest absolute Gasteiger partial charge is 0.348 e. The second kappa shape index (κ2) is 6.30. The van der Waals surface area contributed by atoms with Crippen LogP contribution >= 0.6 is 15.9 Å². The van der Waals surface area contributed by atoms with Crippen LogP contribution in [-0.4, -0.2) is 5.91 Å². The minimum absolute atomic E-state index is 0.165. The Morgan fingerprint density at radius 2 is 1.67 bits per heavy atom. The predicted octanol–water partition coefficient (Wildman–Crippen LogP) is 4.40. The van der Waals surface area contributed by atoms with Crippen molar-refractivity contribution in [2.75, 3.05) is 0 Å². The van der Waals surface area contributed by atoms with Crippen LogP contribution in [0.1, 0.15) is 21.5 Å². The molecule has 2 aromatic carbocycles. The van der Waals surface area contributed by atoms with Gasteiger partial charge in [-0.2, -0.15) is 13.2 Å². The lowest BCUT2D eigenvalue weighted by atomic mass is 10.1. The second-order valence-corrected chi connectivity index (χ2v) is 5.21. The Kier molecular flexibility index (Phi) is 4.67. The molecule has 0 heterocycles. The lowest BCUT2D eigenvalue weighted by Gasteiger charge is -2.09. The van der Waals surface area contributed by atoms with E-state index in [1.54, 1.807) is 24.3 Å². The third kappa shape index (κ3) is 4.07. The quantitative estimate of drug-likeness (QED) is 0.866. The molecule has 1 N–H and O–H groups in total. The molecule has 0 aliphatic rings.